The smallest absolute Gasteiger partial charge is 0.366 e. The maximum absolute atomic E-state index is 14.0. The second-order valence-corrected chi connectivity index (χ2v) is 12.8. The first-order valence-corrected chi connectivity index (χ1v) is 16.0. The van der Waals surface area contributed by atoms with Gasteiger partial charge in [0.25, 0.3) is 5.91 Å². The number of rotatable bonds is 10. The fraction of sp³-hybridized carbons (Fsp3) is 0.625. The Morgan fingerprint density at radius 1 is 1.00 bits per heavy atom. The minimum Gasteiger partial charge on any atom is -0.366 e. The SMILES string of the molecule is CN1CCC(N(C)C(=O)c2ccc(Nc3ncc(C(F)(F)F)c(N[C@@H]4CCC[C@@H]4C(=O)NCCC4CCCN4C)n3)cc2)CC1. The molecular formula is C32H45F3N8O2. The molecule has 3 N–H and O–H groups in total. The fourth-order valence-electron chi connectivity index (χ4n) is 6.80. The Labute approximate surface area is 263 Å². The highest BCUT2D eigenvalue weighted by molar-refractivity contribution is 5.94. The zero-order valence-corrected chi connectivity index (χ0v) is 26.4. The second kappa shape index (κ2) is 14.3. The molecule has 3 aliphatic rings. The molecule has 1 unspecified atom stereocenters. The number of hydrogen-bond acceptors (Lipinski definition) is 8. The first-order chi connectivity index (χ1) is 21.5. The number of halogens is 3. The Kier molecular flexibility index (Phi) is 10.5. The first kappa shape index (κ1) is 32.9. The molecule has 2 aromatic rings. The number of nitrogens with zero attached hydrogens (tertiary/aromatic N) is 5. The summed E-state index contributed by atoms with van der Waals surface area (Å²) >= 11 is 0. The van der Waals surface area contributed by atoms with Crippen molar-refractivity contribution in [2.45, 2.75) is 75.7 Å². The summed E-state index contributed by atoms with van der Waals surface area (Å²) in [5, 5.41) is 8.92. The summed E-state index contributed by atoms with van der Waals surface area (Å²) < 4.78 is 41.9. The Bertz CT molecular complexity index is 1320. The van der Waals surface area contributed by atoms with Gasteiger partial charge in [-0.15, -0.1) is 0 Å². The van der Waals surface area contributed by atoms with Gasteiger partial charge in [-0.05, 0) is 103 Å². The van der Waals surface area contributed by atoms with Crippen molar-refractivity contribution in [3.05, 3.63) is 41.6 Å². The number of carbonyl (C=O) groups is 2. The molecule has 0 radical (unpaired) electrons. The highest BCUT2D eigenvalue weighted by Crippen LogP contribution is 2.37. The number of hydrogen-bond donors (Lipinski definition) is 3. The van der Waals surface area contributed by atoms with E-state index in [1.807, 2.05) is 7.05 Å². The molecule has 2 saturated heterocycles. The highest BCUT2D eigenvalue weighted by atomic mass is 19.4. The maximum atomic E-state index is 14.0. The van der Waals surface area contributed by atoms with E-state index in [0.29, 0.717) is 36.7 Å². The van der Waals surface area contributed by atoms with Gasteiger partial charge in [0.15, 0.2) is 0 Å². The lowest BCUT2D eigenvalue weighted by molar-refractivity contribution is -0.137. The van der Waals surface area contributed by atoms with Crippen molar-refractivity contribution in [2.75, 3.05) is 58.0 Å². The average molecular weight is 631 g/mol. The van der Waals surface area contributed by atoms with Crippen molar-refractivity contribution in [3.63, 3.8) is 0 Å². The van der Waals surface area contributed by atoms with Crippen LogP contribution in [0.3, 0.4) is 0 Å². The molecule has 0 spiro atoms. The molecule has 3 atom stereocenters. The van der Waals surface area contributed by atoms with E-state index in [0.717, 1.165) is 64.4 Å². The Hall–Kier alpha value is -3.45. The summed E-state index contributed by atoms with van der Waals surface area (Å²) in [4.78, 5) is 40.6. The van der Waals surface area contributed by atoms with Crippen LogP contribution in [0.15, 0.2) is 30.5 Å². The van der Waals surface area contributed by atoms with Gasteiger partial charge in [0.2, 0.25) is 11.9 Å². The van der Waals surface area contributed by atoms with E-state index in [4.69, 9.17) is 0 Å². The minimum atomic E-state index is -4.67. The molecule has 1 aromatic heterocycles. The quantitative estimate of drug-likeness (QED) is 0.350. The van der Waals surface area contributed by atoms with E-state index < -0.39 is 23.7 Å². The van der Waals surface area contributed by atoms with Crippen LogP contribution in [-0.4, -0.2) is 102 Å². The standard InChI is InChI=1S/C32H45F3N8O2/c1-41-18-14-24(15-19-41)43(3)30(45)21-9-11-22(12-10-21)38-31-37-20-26(32(33,34)35)28(40-31)39-27-8-4-7-25(27)29(44)36-16-13-23-6-5-17-42(23)2/h9-12,20,23-25,27H,4-8,13-19H2,1-3H3,(H,36,44)(H2,37,38,39,40)/t23?,25-,27+/m0/s1. The largest absolute Gasteiger partial charge is 0.421 e. The molecule has 1 saturated carbocycles. The monoisotopic (exact) mass is 630 g/mol. The molecule has 246 valence electrons. The van der Waals surface area contributed by atoms with Crippen LogP contribution in [0.1, 0.15) is 67.3 Å². The van der Waals surface area contributed by atoms with Crippen LogP contribution in [0.25, 0.3) is 0 Å². The van der Waals surface area contributed by atoms with Gasteiger partial charge in [-0.25, -0.2) is 4.98 Å². The summed E-state index contributed by atoms with van der Waals surface area (Å²) in [6.07, 6.45) is 2.95. The third-order valence-electron chi connectivity index (χ3n) is 9.66. The summed E-state index contributed by atoms with van der Waals surface area (Å²) in [5.41, 5.74) is 0.0741. The molecule has 3 fully saturated rings. The number of anilines is 3. The van der Waals surface area contributed by atoms with Gasteiger partial charge in [-0.2, -0.15) is 18.2 Å². The average Bonchev–Trinajstić information content (AvgIpc) is 3.65. The molecule has 13 heteroatoms. The second-order valence-electron chi connectivity index (χ2n) is 12.8. The Balaban J connectivity index is 1.22. The molecule has 1 aliphatic carbocycles. The third kappa shape index (κ3) is 8.23. The minimum absolute atomic E-state index is 0.0206. The van der Waals surface area contributed by atoms with Crippen molar-refractivity contribution < 1.29 is 22.8 Å². The number of amides is 2. The summed E-state index contributed by atoms with van der Waals surface area (Å²) in [6, 6.07) is 6.90. The summed E-state index contributed by atoms with van der Waals surface area (Å²) in [5.74, 6) is -1.04. The van der Waals surface area contributed by atoms with Crippen LogP contribution < -0.4 is 16.0 Å². The zero-order valence-electron chi connectivity index (χ0n) is 26.4. The van der Waals surface area contributed by atoms with Crippen LogP contribution in [0.4, 0.5) is 30.6 Å². The topological polar surface area (TPSA) is 106 Å². The maximum Gasteiger partial charge on any atom is 0.421 e. The number of piperidine rings is 1. The highest BCUT2D eigenvalue weighted by Gasteiger charge is 2.39. The van der Waals surface area contributed by atoms with E-state index in [1.165, 1.54) is 0 Å². The number of likely N-dealkylation sites (tertiary alicyclic amines) is 2. The first-order valence-electron chi connectivity index (χ1n) is 16.0. The van der Waals surface area contributed by atoms with E-state index >= 15 is 0 Å². The van der Waals surface area contributed by atoms with Crippen molar-refractivity contribution >= 4 is 29.3 Å². The van der Waals surface area contributed by atoms with Crippen molar-refractivity contribution in [3.8, 4) is 0 Å². The molecule has 2 aliphatic heterocycles. The third-order valence-corrected chi connectivity index (χ3v) is 9.66. The zero-order chi connectivity index (χ0) is 32.1. The van der Waals surface area contributed by atoms with Gasteiger partial charge in [0.1, 0.15) is 11.4 Å². The lowest BCUT2D eigenvalue weighted by Crippen LogP contribution is -2.44. The molecular weight excluding hydrogens is 585 g/mol. The van der Waals surface area contributed by atoms with Crippen molar-refractivity contribution in [1.82, 2.24) is 30.0 Å². The van der Waals surface area contributed by atoms with Crippen LogP contribution in [-0.2, 0) is 11.0 Å². The van der Waals surface area contributed by atoms with Gasteiger partial charge in [-0.1, -0.05) is 6.42 Å². The number of carbonyl (C=O) groups excluding carboxylic acids is 2. The number of nitrogens with one attached hydrogen (secondary N) is 3. The van der Waals surface area contributed by atoms with Gasteiger partial charge < -0.3 is 30.7 Å². The van der Waals surface area contributed by atoms with Crippen LogP contribution in [0, 0.1) is 5.92 Å². The van der Waals surface area contributed by atoms with E-state index in [1.54, 1.807) is 29.2 Å². The van der Waals surface area contributed by atoms with E-state index in [9.17, 15) is 22.8 Å². The molecule has 0 bridgehead atoms. The van der Waals surface area contributed by atoms with Crippen LogP contribution in [0.2, 0.25) is 0 Å². The predicted octanol–water partition coefficient (Wildman–Crippen LogP) is 4.59. The lowest BCUT2D eigenvalue weighted by Gasteiger charge is -2.35. The van der Waals surface area contributed by atoms with Gasteiger partial charge in [0.05, 0.1) is 5.92 Å². The number of aromatic nitrogens is 2. The number of alkyl halides is 3. The van der Waals surface area contributed by atoms with Crippen LogP contribution >= 0.6 is 0 Å². The number of benzene rings is 1. The van der Waals surface area contributed by atoms with Gasteiger partial charge >= 0.3 is 6.18 Å². The normalized spacial score (nSPS) is 23.2. The van der Waals surface area contributed by atoms with Gasteiger partial charge in [0, 0.05) is 49.2 Å². The molecule has 10 nitrogen and oxygen atoms in total. The molecule has 45 heavy (non-hydrogen) atoms. The molecule has 2 amide bonds. The molecule has 1 aromatic carbocycles. The summed E-state index contributed by atoms with van der Waals surface area (Å²) in [7, 11) is 5.99. The fourth-order valence-corrected chi connectivity index (χ4v) is 6.80. The van der Waals surface area contributed by atoms with Crippen molar-refractivity contribution in [2.24, 2.45) is 5.92 Å². The summed E-state index contributed by atoms with van der Waals surface area (Å²) in [6.45, 7) is 3.50. The Morgan fingerprint density at radius 3 is 2.40 bits per heavy atom. The van der Waals surface area contributed by atoms with E-state index in [2.05, 4.69) is 49.8 Å². The van der Waals surface area contributed by atoms with Crippen molar-refractivity contribution in [1.29, 1.82) is 0 Å². The Morgan fingerprint density at radius 2 is 1.73 bits per heavy atom. The predicted molar refractivity (Wildman–Crippen MR) is 167 cm³/mol. The molecule has 3 heterocycles. The van der Waals surface area contributed by atoms with Gasteiger partial charge in [-0.3, -0.25) is 9.59 Å². The molecule has 5 rings (SSSR count). The van der Waals surface area contributed by atoms with Crippen LogP contribution in [0.5, 0.6) is 0 Å². The van der Waals surface area contributed by atoms with E-state index in [-0.39, 0.29) is 29.6 Å². The lowest BCUT2D eigenvalue weighted by atomic mass is 10.0.